The minimum Gasteiger partial charge on any atom is -0.463 e. The van der Waals surface area contributed by atoms with Crippen molar-refractivity contribution in [3.63, 3.8) is 0 Å². The van der Waals surface area contributed by atoms with E-state index in [4.69, 9.17) is 23.7 Å². The number of esters is 3. The summed E-state index contributed by atoms with van der Waals surface area (Å²) in [5.74, 6) is -2.28. The molecular weight excluding hydrogens is 338 g/mol. The Hall–Kier alpha value is -2.20. The van der Waals surface area contributed by atoms with Gasteiger partial charge < -0.3 is 29.0 Å². The normalized spacial score (nSPS) is 28.6. The van der Waals surface area contributed by atoms with Gasteiger partial charge in [0.05, 0.1) is 0 Å². The number of rotatable bonds is 6. The van der Waals surface area contributed by atoms with E-state index in [0.717, 1.165) is 0 Å². The SMILES string of the molecule is CO[C@H]1C(COC(C)=O)OC(OC(C)=O)C(NC(C)=O)[C@H]1OC(C)=O. The van der Waals surface area contributed by atoms with Gasteiger partial charge in [-0.2, -0.15) is 0 Å². The van der Waals surface area contributed by atoms with Gasteiger partial charge in [0.15, 0.2) is 6.10 Å². The number of carbonyl (C=O) groups is 4. The van der Waals surface area contributed by atoms with E-state index in [1.54, 1.807) is 0 Å². The molecule has 1 saturated heterocycles. The van der Waals surface area contributed by atoms with E-state index in [9.17, 15) is 19.2 Å². The van der Waals surface area contributed by atoms with Crippen LogP contribution in [0.5, 0.6) is 0 Å². The molecule has 1 heterocycles. The first-order chi connectivity index (χ1) is 11.6. The van der Waals surface area contributed by atoms with Crippen LogP contribution in [0.1, 0.15) is 27.7 Å². The fraction of sp³-hybridized carbons (Fsp3) is 0.733. The predicted molar refractivity (Wildman–Crippen MR) is 81.0 cm³/mol. The van der Waals surface area contributed by atoms with Crippen molar-refractivity contribution in [3.05, 3.63) is 0 Å². The number of amides is 1. The van der Waals surface area contributed by atoms with Crippen molar-refractivity contribution in [2.75, 3.05) is 13.7 Å². The van der Waals surface area contributed by atoms with Crippen LogP contribution >= 0.6 is 0 Å². The van der Waals surface area contributed by atoms with Crippen molar-refractivity contribution in [1.29, 1.82) is 0 Å². The molecule has 1 fully saturated rings. The number of methoxy groups -OCH3 is 1. The second kappa shape index (κ2) is 9.33. The zero-order valence-electron chi connectivity index (χ0n) is 14.8. The second-order valence-corrected chi connectivity index (χ2v) is 5.46. The lowest BCUT2D eigenvalue weighted by Gasteiger charge is -2.44. The van der Waals surface area contributed by atoms with Gasteiger partial charge in [0.2, 0.25) is 12.2 Å². The fourth-order valence-electron chi connectivity index (χ4n) is 2.51. The van der Waals surface area contributed by atoms with Crippen LogP contribution in [0.4, 0.5) is 0 Å². The Labute approximate surface area is 145 Å². The summed E-state index contributed by atoms with van der Waals surface area (Å²) >= 11 is 0. The third-order valence-corrected chi connectivity index (χ3v) is 3.32. The summed E-state index contributed by atoms with van der Waals surface area (Å²) < 4.78 is 26.2. The minimum absolute atomic E-state index is 0.212. The number of carbonyl (C=O) groups excluding carboxylic acids is 4. The number of hydrogen-bond acceptors (Lipinski definition) is 9. The molecule has 0 bridgehead atoms. The van der Waals surface area contributed by atoms with Crippen LogP contribution in [0.3, 0.4) is 0 Å². The van der Waals surface area contributed by atoms with Crippen LogP contribution in [0.15, 0.2) is 0 Å². The molecule has 142 valence electrons. The zero-order chi connectivity index (χ0) is 19.1. The number of nitrogens with one attached hydrogen (secondary N) is 1. The molecule has 25 heavy (non-hydrogen) atoms. The molecule has 0 aromatic carbocycles. The highest BCUT2D eigenvalue weighted by Gasteiger charge is 2.50. The third kappa shape index (κ3) is 6.31. The maximum absolute atomic E-state index is 11.5. The molecule has 0 aliphatic carbocycles. The average Bonchev–Trinajstić information content (AvgIpc) is 2.47. The first-order valence-electron chi connectivity index (χ1n) is 7.58. The highest BCUT2D eigenvalue weighted by Crippen LogP contribution is 2.27. The van der Waals surface area contributed by atoms with Crippen LogP contribution < -0.4 is 5.32 Å². The van der Waals surface area contributed by atoms with Gasteiger partial charge in [-0.05, 0) is 0 Å². The molecule has 0 radical (unpaired) electrons. The van der Waals surface area contributed by atoms with Gasteiger partial charge in [0.25, 0.3) is 0 Å². The van der Waals surface area contributed by atoms with Crippen molar-refractivity contribution < 1.29 is 42.9 Å². The van der Waals surface area contributed by atoms with Crippen molar-refractivity contribution in [2.45, 2.75) is 58.3 Å². The number of hydrogen-bond donors (Lipinski definition) is 1. The van der Waals surface area contributed by atoms with E-state index < -0.39 is 54.5 Å². The van der Waals surface area contributed by atoms with E-state index in [1.807, 2.05) is 0 Å². The summed E-state index contributed by atoms with van der Waals surface area (Å²) in [5, 5.41) is 2.54. The molecule has 10 nitrogen and oxygen atoms in total. The Kier molecular flexibility index (Phi) is 7.78. The van der Waals surface area contributed by atoms with Crippen molar-refractivity contribution in [3.8, 4) is 0 Å². The topological polar surface area (TPSA) is 126 Å². The predicted octanol–water partition coefficient (Wildman–Crippen LogP) is -0.711. The van der Waals surface area contributed by atoms with Crippen LogP contribution in [-0.4, -0.2) is 68.2 Å². The molecule has 10 heteroatoms. The first kappa shape index (κ1) is 20.8. The molecule has 0 saturated carbocycles. The lowest BCUT2D eigenvalue weighted by molar-refractivity contribution is -0.271. The van der Waals surface area contributed by atoms with Gasteiger partial charge in [-0.1, -0.05) is 0 Å². The number of ether oxygens (including phenoxy) is 5. The molecule has 0 spiro atoms. The summed E-state index contributed by atoms with van der Waals surface area (Å²) in [6.07, 6.45) is -4.03. The molecular formula is C15H23NO9. The summed E-state index contributed by atoms with van der Waals surface area (Å²) in [4.78, 5) is 45.4. The highest BCUT2D eigenvalue weighted by molar-refractivity contribution is 5.74. The lowest BCUT2D eigenvalue weighted by Crippen LogP contribution is -2.66. The molecule has 1 aliphatic heterocycles. The largest absolute Gasteiger partial charge is 0.463 e. The maximum Gasteiger partial charge on any atom is 0.305 e. The van der Waals surface area contributed by atoms with E-state index >= 15 is 0 Å². The molecule has 5 atom stereocenters. The van der Waals surface area contributed by atoms with E-state index in [1.165, 1.54) is 34.8 Å². The Balaban J connectivity index is 3.16. The standard InChI is InChI=1S/C15H23NO9/c1-7(17)16-12-14(23-9(3)19)13(21-5)11(6-22-8(2)18)25-15(12)24-10(4)20/h11-15H,6H2,1-5H3,(H,16,17)/t11?,12?,13-,14+,15?/m0/s1. The van der Waals surface area contributed by atoms with Gasteiger partial charge in [-0.3, -0.25) is 19.2 Å². The maximum atomic E-state index is 11.5. The summed E-state index contributed by atoms with van der Waals surface area (Å²) in [5.41, 5.74) is 0. The molecule has 1 aliphatic rings. The van der Waals surface area contributed by atoms with Gasteiger partial charge in [-0.15, -0.1) is 0 Å². The van der Waals surface area contributed by atoms with E-state index in [0.29, 0.717) is 0 Å². The lowest BCUT2D eigenvalue weighted by atomic mass is 9.96. The Bertz CT molecular complexity index is 521. The average molecular weight is 361 g/mol. The summed E-state index contributed by atoms with van der Waals surface area (Å²) in [6, 6.07) is -0.996. The zero-order valence-corrected chi connectivity index (χ0v) is 14.8. The molecule has 1 rings (SSSR count). The molecule has 0 aromatic heterocycles. The van der Waals surface area contributed by atoms with E-state index in [-0.39, 0.29) is 6.61 Å². The van der Waals surface area contributed by atoms with Crippen LogP contribution in [0.25, 0.3) is 0 Å². The van der Waals surface area contributed by atoms with Gasteiger partial charge in [0.1, 0.15) is 24.9 Å². The Morgan fingerprint density at radius 3 is 1.96 bits per heavy atom. The van der Waals surface area contributed by atoms with Gasteiger partial charge in [-0.25, -0.2) is 0 Å². The van der Waals surface area contributed by atoms with Crippen LogP contribution in [-0.2, 0) is 42.9 Å². The van der Waals surface area contributed by atoms with Crippen molar-refractivity contribution in [1.82, 2.24) is 5.32 Å². The van der Waals surface area contributed by atoms with Crippen LogP contribution in [0, 0.1) is 0 Å². The summed E-state index contributed by atoms with van der Waals surface area (Å²) in [7, 11) is 1.35. The monoisotopic (exact) mass is 361 g/mol. The van der Waals surface area contributed by atoms with Crippen molar-refractivity contribution >= 4 is 23.8 Å². The highest BCUT2D eigenvalue weighted by atomic mass is 16.7. The summed E-state index contributed by atoms with van der Waals surface area (Å²) in [6.45, 7) is 4.61. The van der Waals surface area contributed by atoms with E-state index in [2.05, 4.69) is 5.32 Å². The fourth-order valence-corrected chi connectivity index (χ4v) is 2.51. The smallest absolute Gasteiger partial charge is 0.305 e. The van der Waals surface area contributed by atoms with Gasteiger partial charge >= 0.3 is 17.9 Å². The molecule has 3 unspecified atom stereocenters. The minimum atomic E-state index is -1.25. The Morgan fingerprint density at radius 2 is 1.52 bits per heavy atom. The quantitative estimate of drug-likeness (QED) is 0.482. The third-order valence-electron chi connectivity index (χ3n) is 3.32. The molecule has 1 amide bonds. The molecule has 1 N–H and O–H groups in total. The first-order valence-corrected chi connectivity index (χ1v) is 7.58. The molecule has 0 aromatic rings. The second-order valence-electron chi connectivity index (χ2n) is 5.46. The Morgan fingerprint density at radius 1 is 0.920 bits per heavy atom. The van der Waals surface area contributed by atoms with Crippen molar-refractivity contribution in [2.24, 2.45) is 0 Å². The van der Waals surface area contributed by atoms with Crippen LogP contribution in [0.2, 0.25) is 0 Å². The van der Waals surface area contributed by atoms with Gasteiger partial charge in [0, 0.05) is 34.8 Å².